The molecule has 23 heavy (non-hydrogen) atoms. The van der Waals surface area contributed by atoms with Gasteiger partial charge in [-0.3, -0.25) is 4.79 Å². The van der Waals surface area contributed by atoms with Gasteiger partial charge in [-0.15, -0.1) is 0 Å². The fraction of sp³-hybridized carbons (Fsp3) is 0.333. The van der Waals surface area contributed by atoms with E-state index >= 15 is 0 Å². The lowest BCUT2D eigenvalue weighted by atomic mass is 10.0. The smallest absolute Gasteiger partial charge is 0.433 e. The lowest BCUT2D eigenvalue weighted by molar-refractivity contribution is -0.141. The Morgan fingerprint density at radius 3 is 2.70 bits per heavy atom. The SMILES string of the molecule is COc1ccc(C)cc1[C@H](C)NC(=O)c1nc[nH]c1C(F)(F)F. The minimum Gasteiger partial charge on any atom is -0.496 e. The van der Waals surface area contributed by atoms with Crippen LogP contribution in [0.1, 0.15) is 40.3 Å². The van der Waals surface area contributed by atoms with Gasteiger partial charge in [0.2, 0.25) is 0 Å². The van der Waals surface area contributed by atoms with E-state index in [2.05, 4.69) is 10.3 Å². The second-order valence-corrected chi connectivity index (χ2v) is 5.06. The van der Waals surface area contributed by atoms with Crippen molar-refractivity contribution in [1.29, 1.82) is 0 Å². The number of aromatic nitrogens is 2. The molecule has 1 aromatic carbocycles. The van der Waals surface area contributed by atoms with Gasteiger partial charge >= 0.3 is 6.18 Å². The highest BCUT2D eigenvalue weighted by molar-refractivity contribution is 5.93. The molecule has 0 fully saturated rings. The van der Waals surface area contributed by atoms with Gasteiger partial charge in [-0.1, -0.05) is 17.7 Å². The molecule has 1 aromatic heterocycles. The van der Waals surface area contributed by atoms with Crippen molar-refractivity contribution in [1.82, 2.24) is 15.3 Å². The summed E-state index contributed by atoms with van der Waals surface area (Å²) in [5.41, 5.74) is -0.239. The van der Waals surface area contributed by atoms with Gasteiger partial charge in [0, 0.05) is 5.56 Å². The molecule has 0 aliphatic rings. The Bertz CT molecular complexity index is 710. The Hall–Kier alpha value is -2.51. The van der Waals surface area contributed by atoms with Gasteiger partial charge in [-0.25, -0.2) is 4.98 Å². The molecule has 0 saturated carbocycles. The number of rotatable bonds is 4. The van der Waals surface area contributed by atoms with Crippen LogP contribution in [0, 0.1) is 6.92 Å². The quantitative estimate of drug-likeness (QED) is 0.906. The number of aromatic amines is 1. The lowest BCUT2D eigenvalue weighted by Gasteiger charge is -2.18. The van der Waals surface area contributed by atoms with Gasteiger partial charge in [0.25, 0.3) is 5.91 Å². The Labute approximate surface area is 130 Å². The maximum atomic E-state index is 12.8. The summed E-state index contributed by atoms with van der Waals surface area (Å²) >= 11 is 0. The zero-order valence-corrected chi connectivity index (χ0v) is 12.8. The van der Waals surface area contributed by atoms with Crippen LogP contribution in [-0.2, 0) is 6.18 Å². The molecule has 0 saturated heterocycles. The van der Waals surface area contributed by atoms with E-state index < -0.39 is 29.5 Å². The number of carbonyl (C=O) groups excluding carboxylic acids is 1. The first kappa shape index (κ1) is 16.9. The van der Waals surface area contributed by atoms with Gasteiger partial charge in [0.05, 0.1) is 19.5 Å². The van der Waals surface area contributed by atoms with Gasteiger partial charge in [0.15, 0.2) is 11.4 Å². The summed E-state index contributed by atoms with van der Waals surface area (Å²) in [7, 11) is 1.48. The molecule has 1 amide bonds. The molecule has 2 rings (SSSR count). The molecule has 1 atom stereocenters. The molecule has 8 heteroatoms. The molecular weight excluding hydrogens is 311 g/mol. The van der Waals surface area contributed by atoms with Crippen LogP contribution in [0.15, 0.2) is 24.5 Å². The Balaban J connectivity index is 2.24. The average Bonchev–Trinajstić information content (AvgIpc) is 2.96. The van der Waals surface area contributed by atoms with Crippen molar-refractivity contribution in [3.8, 4) is 5.75 Å². The normalized spacial score (nSPS) is 12.8. The van der Waals surface area contributed by atoms with Gasteiger partial charge in [0.1, 0.15) is 5.75 Å². The van der Waals surface area contributed by atoms with Crippen molar-refractivity contribution >= 4 is 5.91 Å². The summed E-state index contributed by atoms with van der Waals surface area (Å²) in [6, 6.07) is 4.84. The molecule has 0 radical (unpaired) electrons. The van der Waals surface area contributed by atoms with Crippen LogP contribution >= 0.6 is 0 Å². The number of hydrogen-bond acceptors (Lipinski definition) is 3. The molecule has 2 aromatic rings. The summed E-state index contributed by atoms with van der Waals surface area (Å²) in [6.07, 6.45) is -3.83. The number of imidazole rings is 1. The second kappa shape index (κ2) is 6.31. The van der Waals surface area contributed by atoms with E-state index in [1.165, 1.54) is 7.11 Å². The number of amides is 1. The van der Waals surface area contributed by atoms with Crippen LogP contribution in [-0.4, -0.2) is 23.0 Å². The number of halogens is 3. The van der Waals surface area contributed by atoms with Crippen LogP contribution < -0.4 is 10.1 Å². The van der Waals surface area contributed by atoms with Crippen molar-refractivity contribution in [2.24, 2.45) is 0 Å². The number of nitrogens with one attached hydrogen (secondary N) is 2. The first-order valence-corrected chi connectivity index (χ1v) is 6.80. The zero-order valence-electron chi connectivity index (χ0n) is 12.8. The lowest BCUT2D eigenvalue weighted by Crippen LogP contribution is -2.29. The Morgan fingerprint density at radius 1 is 1.39 bits per heavy atom. The molecule has 124 valence electrons. The maximum absolute atomic E-state index is 12.8. The van der Waals surface area contributed by atoms with Crippen molar-refractivity contribution in [2.75, 3.05) is 7.11 Å². The first-order valence-electron chi connectivity index (χ1n) is 6.80. The van der Waals surface area contributed by atoms with Crippen LogP contribution in [0.4, 0.5) is 13.2 Å². The molecule has 0 bridgehead atoms. The second-order valence-electron chi connectivity index (χ2n) is 5.06. The summed E-state index contributed by atoms with van der Waals surface area (Å²) in [5.74, 6) is -0.365. The van der Waals surface area contributed by atoms with Crippen molar-refractivity contribution in [2.45, 2.75) is 26.1 Å². The van der Waals surface area contributed by atoms with Crippen LogP contribution in [0.5, 0.6) is 5.75 Å². The number of aryl methyl sites for hydroxylation is 1. The highest BCUT2D eigenvalue weighted by Gasteiger charge is 2.38. The topological polar surface area (TPSA) is 67.0 Å². The highest BCUT2D eigenvalue weighted by Crippen LogP contribution is 2.30. The van der Waals surface area contributed by atoms with Crippen LogP contribution in [0.3, 0.4) is 0 Å². The third-order valence-corrected chi connectivity index (χ3v) is 3.34. The van der Waals surface area contributed by atoms with Crippen LogP contribution in [0.2, 0.25) is 0 Å². The Kier molecular flexibility index (Phi) is 4.63. The average molecular weight is 327 g/mol. The number of H-pyrrole nitrogens is 1. The van der Waals surface area contributed by atoms with Gasteiger partial charge < -0.3 is 15.0 Å². The van der Waals surface area contributed by atoms with Gasteiger partial charge in [-0.05, 0) is 19.9 Å². The van der Waals surface area contributed by atoms with E-state index in [0.717, 1.165) is 11.9 Å². The number of alkyl halides is 3. The third-order valence-electron chi connectivity index (χ3n) is 3.34. The van der Waals surface area contributed by atoms with E-state index in [1.807, 2.05) is 18.0 Å². The minimum atomic E-state index is -4.67. The van der Waals surface area contributed by atoms with E-state index in [-0.39, 0.29) is 0 Å². The van der Waals surface area contributed by atoms with E-state index in [0.29, 0.717) is 11.3 Å². The van der Waals surface area contributed by atoms with Crippen molar-refractivity contribution in [3.05, 3.63) is 47.0 Å². The zero-order chi connectivity index (χ0) is 17.2. The van der Waals surface area contributed by atoms with E-state index in [4.69, 9.17) is 4.74 Å². The summed E-state index contributed by atoms with van der Waals surface area (Å²) in [5, 5.41) is 2.51. The van der Waals surface area contributed by atoms with Crippen molar-refractivity contribution in [3.63, 3.8) is 0 Å². The fourth-order valence-corrected chi connectivity index (χ4v) is 2.22. The Morgan fingerprint density at radius 2 is 2.09 bits per heavy atom. The molecule has 0 spiro atoms. The monoisotopic (exact) mass is 327 g/mol. The number of carbonyl (C=O) groups is 1. The van der Waals surface area contributed by atoms with Gasteiger partial charge in [-0.2, -0.15) is 13.2 Å². The standard InChI is InChI=1S/C15H16F3N3O2/c1-8-4-5-11(23-3)10(6-8)9(2)21-14(22)12-13(15(16,17)18)20-7-19-12/h4-7,9H,1-3H3,(H,19,20)(H,21,22)/t9-/m0/s1. The van der Waals surface area contributed by atoms with Crippen LogP contribution in [0.25, 0.3) is 0 Å². The molecule has 0 unspecified atom stereocenters. The summed E-state index contributed by atoms with van der Waals surface area (Å²) in [6.45, 7) is 3.53. The molecule has 1 heterocycles. The number of methoxy groups -OCH3 is 1. The van der Waals surface area contributed by atoms with E-state index in [9.17, 15) is 18.0 Å². The minimum absolute atomic E-state index is 0.543. The maximum Gasteiger partial charge on any atom is 0.433 e. The van der Waals surface area contributed by atoms with E-state index in [1.54, 1.807) is 19.1 Å². The molecule has 0 aliphatic carbocycles. The largest absolute Gasteiger partial charge is 0.496 e. The molecule has 2 N–H and O–H groups in total. The first-order chi connectivity index (χ1) is 10.7. The molecular formula is C15H16F3N3O2. The predicted octanol–water partition coefficient (Wildman–Crippen LogP) is 3.24. The molecule has 0 aliphatic heterocycles. The highest BCUT2D eigenvalue weighted by atomic mass is 19.4. The summed E-state index contributed by atoms with van der Waals surface area (Å²) in [4.78, 5) is 17.5. The van der Waals surface area contributed by atoms with Crippen molar-refractivity contribution < 1.29 is 22.7 Å². The number of nitrogens with zero attached hydrogens (tertiary/aromatic N) is 1. The fourth-order valence-electron chi connectivity index (χ4n) is 2.22. The number of benzene rings is 1. The summed E-state index contributed by atoms with van der Waals surface area (Å²) < 4.78 is 43.6. The molecule has 5 nitrogen and oxygen atoms in total. The number of ether oxygens (including phenoxy) is 1. The third kappa shape index (κ3) is 3.64. The number of hydrogen-bond donors (Lipinski definition) is 2. The predicted molar refractivity (Wildman–Crippen MR) is 77.2 cm³/mol.